The summed E-state index contributed by atoms with van der Waals surface area (Å²) in [7, 11) is 1.73. The van der Waals surface area contributed by atoms with Gasteiger partial charge >= 0.3 is 0 Å². The summed E-state index contributed by atoms with van der Waals surface area (Å²) in [5.41, 5.74) is 31.0. The van der Waals surface area contributed by atoms with Gasteiger partial charge in [-0.1, -0.05) is 175 Å². The van der Waals surface area contributed by atoms with E-state index in [1.807, 2.05) is 79.0 Å². The fourth-order valence-electron chi connectivity index (χ4n) is 13.6. The van der Waals surface area contributed by atoms with Crippen molar-refractivity contribution in [1.82, 2.24) is 43.0 Å². The Morgan fingerprint density at radius 3 is 1.40 bits per heavy atom. The van der Waals surface area contributed by atoms with Gasteiger partial charge in [-0.2, -0.15) is 0 Å². The Hall–Kier alpha value is -12.3. The highest BCUT2D eigenvalue weighted by Gasteiger charge is 2.22. The highest BCUT2D eigenvalue weighted by atomic mass is 127. The van der Waals surface area contributed by atoms with E-state index in [1.165, 1.54) is 65.4 Å². The number of hydrogen-bond acceptors (Lipinski definition) is 7. The Kier molecular flexibility index (Phi) is 16.6. The van der Waals surface area contributed by atoms with Crippen LogP contribution >= 0.6 is 34.2 Å². The lowest BCUT2D eigenvalue weighted by Crippen LogP contribution is -1.95. The number of anilines is 2. The average Bonchev–Trinajstić information content (AvgIpc) is 1.58. The largest absolute Gasteiger partial charge is 0.496 e. The molecule has 0 atom stereocenters. The summed E-state index contributed by atoms with van der Waals surface area (Å²) in [6.07, 6.45) is 3.55. The van der Waals surface area contributed by atoms with E-state index in [1.54, 1.807) is 25.4 Å². The number of hydrogen-bond donors (Lipinski definition) is 3. The molecule has 0 saturated heterocycles. The molecule has 8 heterocycles. The van der Waals surface area contributed by atoms with Crippen LogP contribution in [0.25, 0.3) is 143 Å². The third-order valence-corrected chi connectivity index (χ3v) is 19.4. The van der Waals surface area contributed by atoms with E-state index in [2.05, 4.69) is 275 Å². The molecule has 20 rings (SSSR count). The van der Waals surface area contributed by atoms with Crippen LogP contribution in [0.3, 0.4) is 0 Å². The Morgan fingerprint density at radius 1 is 0.374 bits per heavy atom. The number of imidazole rings is 2. The lowest BCUT2D eigenvalue weighted by atomic mass is 10.0. The Morgan fingerprint density at radius 2 is 0.838 bits per heavy atom. The minimum atomic E-state index is 0.577. The molecular weight excluding hydrogens is 1350 g/mol. The van der Waals surface area contributed by atoms with Gasteiger partial charge in [-0.3, -0.25) is 9.38 Å². The number of para-hydroxylation sites is 12. The quantitative estimate of drug-likeness (QED) is 0.0673. The van der Waals surface area contributed by atoms with Gasteiger partial charge in [0.2, 0.25) is 0 Å². The second-order valence-electron chi connectivity index (χ2n) is 23.6. The number of H-pyrrole nitrogens is 1. The summed E-state index contributed by atoms with van der Waals surface area (Å²) in [4.78, 5) is 22.2. The SMILES string of the molecule is COc1cccc2c1c1ccccc1n2-c1ccccc1.Clc1ncccc1I.Nc1ccccc1N.c1ccc(-n2c3ccccc3c3c(-c4nc5ccccc5[nH]4)cccc32)cc1.c1ccc(-n2c3ccccc3c3c4c(ccc32)c2ncccc2n2c3ccccc3nc42)cc1. The molecular formula is C85H61ClIN11O. The van der Waals surface area contributed by atoms with E-state index in [9.17, 15) is 0 Å². The summed E-state index contributed by atoms with van der Waals surface area (Å²) in [5, 5.41) is 10.1. The van der Waals surface area contributed by atoms with E-state index in [0.29, 0.717) is 16.5 Å². The van der Waals surface area contributed by atoms with Crippen molar-refractivity contribution in [2.24, 2.45) is 0 Å². The summed E-state index contributed by atoms with van der Waals surface area (Å²) in [6, 6.07) is 106. The van der Waals surface area contributed by atoms with Gasteiger partial charge in [0.25, 0.3) is 0 Å². The van der Waals surface area contributed by atoms with Crippen LogP contribution in [0.2, 0.25) is 5.15 Å². The zero-order valence-electron chi connectivity index (χ0n) is 53.5. The van der Waals surface area contributed by atoms with Gasteiger partial charge in [-0.15, -0.1) is 0 Å². The number of nitrogens with zero attached hydrogens (tertiary/aromatic N) is 8. The minimum absolute atomic E-state index is 0.577. The van der Waals surface area contributed by atoms with Gasteiger partial charge in [0, 0.05) is 78.1 Å². The van der Waals surface area contributed by atoms with Crippen molar-refractivity contribution in [2.75, 3.05) is 18.6 Å². The Bertz CT molecular complexity index is 6240. The summed E-state index contributed by atoms with van der Waals surface area (Å²) < 4.78 is 15.8. The summed E-state index contributed by atoms with van der Waals surface area (Å²) in [5.74, 6) is 1.82. The van der Waals surface area contributed by atoms with E-state index >= 15 is 0 Å². The zero-order chi connectivity index (χ0) is 66.9. The van der Waals surface area contributed by atoms with Gasteiger partial charge in [-0.25, -0.2) is 15.0 Å². The number of methoxy groups -OCH3 is 1. The molecule has 0 aliphatic rings. The third-order valence-electron chi connectivity index (χ3n) is 17.9. The molecule has 12 aromatic carbocycles. The lowest BCUT2D eigenvalue weighted by Gasteiger charge is -2.11. The van der Waals surface area contributed by atoms with Crippen LogP contribution < -0.4 is 16.2 Å². The van der Waals surface area contributed by atoms with Crippen molar-refractivity contribution in [3.8, 4) is 34.2 Å². The van der Waals surface area contributed by atoms with Crippen LogP contribution in [-0.2, 0) is 0 Å². The first-order valence-electron chi connectivity index (χ1n) is 32.4. The van der Waals surface area contributed by atoms with Crippen LogP contribution in [0, 0.1) is 3.57 Å². The van der Waals surface area contributed by atoms with Crippen LogP contribution in [0.4, 0.5) is 11.4 Å². The van der Waals surface area contributed by atoms with Crippen molar-refractivity contribution in [3.63, 3.8) is 0 Å². The highest BCUT2D eigenvalue weighted by Crippen LogP contribution is 2.43. The number of rotatable bonds is 5. The predicted molar refractivity (Wildman–Crippen MR) is 420 cm³/mol. The third kappa shape index (κ3) is 11.3. The predicted octanol–water partition coefficient (Wildman–Crippen LogP) is 21.6. The number of aromatic amines is 1. The van der Waals surface area contributed by atoms with Crippen molar-refractivity contribution < 1.29 is 4.74 Å². The molecule has 8 aromatic heterocycles. The van der Waals surface area contributed by atoms with E-state index < -0.39 is 0 Å². The number of nitrogens with two attached hydrogens (primary N) is 2. The van der Waals surface area contributed by atoms with Gasteiger partial charge in [0.05, 0.1) is 88.3 Å². The number of nitrogens with one attached hydrogen (secondary N) is 1. The fraction of sp³-hybridized carbons (Fsp3) is 0.0118. The minimum Gasteiger partial charge on any atom is -0.496 e. The highest BCUT2D eigenvalue weighted by molar-refractivity contribution is 14.1. The van der Waals surface area contributed by atoms with Crippen molar-refractivity contribution in [3.05, 3.63) is 331 Å². The number of pyridine rings is 3. The molecule has 0 unspecified atom stereocenters. The second kappa shape index (κ2) is 26.7. The first-order valence-corrected chi connectivity index (χ1v) is 33.8. The number of ether oxygens (including phenoxy) is 1. The Balaban J connectivity index is 0.000000106. The van der Waals surface area contributed by atoms with Gasteiger partial charge in [0.1, 0.15) is 22.4 Å². The molecule has 0 radical (unpaired) electrons. The molecule has 0 aliphatic carbocycles. The molecule has 99 heavy (non-hydrogen) atoms. The molecule has 12 nitrogen and oxygen atoms in total. The molecule has 0 aliphatic heterocycles. The standard InChI is InChI=1S/C30H18N4.C25H17N3.C19H15NO.C6H8N2.C5H3ClIN/c1-2-9-19(10-3-1)33-23-13-6-4-11-20(23)27-25(33)17-16-21-28(27)30-32-22-12-5-7-14-24(22)34(30)26-15-8-18-31-29(21)26;1-2-9-17(10-3-1)28-22-15-7-4-11-18(22)24-19(12-8-16-23(24)28)25-26-20-13-5-6-14-21(20)27-25;1-21-18-13-7-12-17-19(18)15-10-5-6-11-16(15)20(17)14-8-3-2-4-9-14;7-5-3-1-2-4-6(5)8;6-5-4(7)2-1-3-8-5/h1-18H;1-16H,(H,26,27);2-13H,1H3;1-4H,7-8H2;1-3H. The zero-order valence-corrected chi connectivity index (χ0v) is 56.4. The number of nitrogen functional groups attached to an aromatic ring is 2. The monoisotopic (exact) mass is 1410 g/mol. The first-order chi connectivity index (χ1) is 48.8. The van der Waals surface area contributed by atoms with Gasteiger partial charge in [-0.05, 0) is 168 Å². The topological polar surface area (TPSA) is 148 Å². The van der Waals surface area contributed by atoms with Crippen molar-refractivity contribution in [2.45, 2.75) is 0 Å². The number of halogens is 2. The molecule has 0 fully saturated rings. The normalized spacial score (nSPS) is 11.3. The summed E-state index contributed by atoms with van der Waals surface area (Å²) in [6.45, 7) is 0. The van der Waals surface area contributed by atoms with Crippen molar-refractivity contribution >= 4 is 161 Å². The maximum absolute atomic E-state index is 5.59. The second-order valence-corrected chi connectivity index (χ2v) is 25.2. The maximum Gasteiger partial charge on any atom is 0.147 e. The molecule has 476 valence electrons. The fourth-order valence-corrected chi connectivity index (χ4v) is 14.1. The Labute approximate surface area is 587 Å². The van der Waals surface area contributed by atoms with Crippen LogP contribution in [-0.4, -0.2) is 50.1 Å². The van der Waals surface area contributed by atoms with Crippen LogP contribution in [0.1, 0.15) is 0 Å². The molecule has 0 spiro atoms. The molecule has 5 N–H and O–H groups in total. The first kappa shape index (κ1) is 61.6. The van der Waals surface area contributed by atoms with E-state index in [0.717, 1.165) is 87.3 Å². The molecule has 0 amide bonds. The molecule has 20 aromatic rings. The van der Waals surface area contributed by atoms with Crippen LogP contribution in [0.15, 0.2) is 322 Å². The van der Waals surface area contributed by atoms with Crippen LogP contribution in [0.5, 0.6) is 5.75 Å². The average molecular weight is 1410 g/mol. The lowest BCUT2D eigenvalue weighted by molar-refractivity contribution is 0.420. The van der Waals surface area contributed by atoms with E-state index in [4.69, 9.17) is 42.8 Å². The summed E-state index contributed by atoms with van der Waals surface area (Å²) >= 11 is 7.72. The van der Waals surface area contributed by atoms with Crippen molar-refractivity contribution in [1.29, 1.82) is 0 Å². The number of fused-ring (bicyclic) bond motifs is 19. The number of benzene rings is 12. The molecule has 0 saturated carbocycles. The maximum atomic E-state index is 5.59. The molecule has 14 heteroatoms. The van der Waals surface area contributed by atoms with Gasteiger partial charge < -0.3 is 34.9 Å². The smallest absolute Gasteiger partial charge is 0.147 e. The number of aromatic nitrogens is 9. The van der Waals surface area contributed by atoms with Gasteiger partial charge in [0.15, 0.2) is 0 Å². The van der Waals surface area contributed by atoms with E-state index in [-0.39, 0.29) is 0 Å². The molecule has 0 bridgehead atoms.